The van der Waals surface area contributed by atoms with Gasteiger partial charge in [-0.15, -0.1) is 0 Å². The van der Waals surface area contributed by atoms with Crippen LogP contribution in [0.1, 0.15) is 23.2 Å². The van der Waals surface area contributed by atoms with Gasteiger partial charge in [-0.1, -0.05) is 48.0 Å². The van der Waals surface area contributed by atoms with E-state index in [0.717, 1.165) is 56.3 Å². The molecule has 1 atom stereocenters. The molecule has 2 aromatic carbocycles. The van der Waals surface area contributed by atoms with Crippen LogP contribution in [0.5, 0.6) is 0 Å². The minimum atomic E-state index is 0.532. The fourth-order valence-electron chi connectivity index (χ4n) is 3.96. The Bertz CT molecular complexity index is 998. The molecule has 1 unspecified atom stereocenters. The molecule has 0 aliphatic carbocycles. The van der Waals surface area contributed by atoms with Crippen molar-refractivity contribution in [3.63, 3.8) is 0 Å². The Morgan fingerprint density at radius 2 is 2.00 bits per heavy atom. The Balaban J connectivity index is 1.19. The molecule has 0 saturated carbocycles. The number of hydrogen-bond acceptors (Lipinski definition) is 4. The molecule has 3 aromatic rings. The van der Waals surface area contributed by atoms with E-state index in [0.29, 0.717) is 18.4 Å². The van der Waals surface area contributed by atoms with Gasteiger partial charge in [0.2, 0.25) is 5.89 Å². The number of aromatic nitrogens is 1. The van der Waals surface area contributed by atoms with E-state index < -0.39 is 0 Å². The van der Waals surface area contributed by atoms with Gasteiger partial charge >= 0.3 is 0 Å². The lowest BCUT2D eigenvalue weighted by Gasteiger charge is -2.21. The standard InChI is InChI=1S/C26H32N4O2/c1-20-8-10-23(11-9-20)25-29-24(19-32-25)12-14-28-26(27-2)30-15-13-22(16-30)18-31-17-21-6-4-3-5-7-21/h3-11,19,22H,12-18H2,1-2H3,(H,27,28). The monoisotopic (exact) mass is 432 g/mol. The Morgan fingerprint density at radius 1 is 1.19 bits per heavy atom. The number of likely N-dealkylation sites (tertiary alicyclic amines) is 1. The average Bonchev–Trinajstić information content (AvgIpc) is 3.48. The first-order chi connectivity index (χ1) is 15.7. The normalized spacial score (nSPS) is 16.5. The first-order valence-electron chi connectivity index (χ1n) is 11.3. The van der Waals surface area contributed by atoms with Crippen LogP contribution in [0, 0.1) is 12.8 Å². The number of nitrogens with zero attached hydrogens (tertiary/aromatic N) is 3. The summed E-state index contributed by atoms with van der Waals surface area (Å²) < 4.78 is 11.6. The molecule has 32 heavy (non-hydrogen) atoms. The number of benzene rings is 2. The summed E-state index contributed by atoms with van der Waals surface area (Å²) in [6.45, 7) is 6.26. The SMILES string of the molecule is CN=C(NCCc1coc(-c2ccc(C)cc2)n1)N1CCC(COCc2ccccc2)C1. The lowest BCUT2D eigenvalue weighted by atomic mass is 10.1. The van der Waals surface area contributed by atoms with Crippen LogP contribution in [0.3, 0.4) is 0 Å². The number of aryl methyl sites for hydroxylation is 1. The number of oxazole rings is 1. The second-order valence-electron chi connectivity index (χ2n) is 8.34. The maximum Gasteiger partial charge on any atom is 0.226 e. The third kappa shape index (κ3) is 5.98. The molecule has 1 saturated heterocycles. The first-order valence-corrected chi connectivity index (χ1v) is 11.3. The predicted octanol–water partition coefficient (Wildman–Crippen LogP) is 4.31. The predicted molar refractivity (Wildman–Crippen MR) is 128 cm³/mol. The summed E-state index contributed by atoms with van der Waals surface area (Å²) in [4.78, 5) is 11.4. The van der Waals surface area contributed by atoms with Crippen molar-refractivity contribution in [3.8, 4) is 11.5 Å². The zero-order valence-corrected chi connectivity index (χ0v) is 19.0. The van der Waals surface area contributed by atoms with E-state index in [1.807, 2.05) is 37.4 Å². The fraction of sp³-hybridized carbons (Fsp3) is 0.385. The van der Waals surface area contributed by atoms with Gasteiger partial charge in [-0.3, -0.25) is 4.99 Å². The second kappa shape index (κ2) is 11.0. The molecule has 1 aliphatic rings. The molecular formula is C26H32N4O2. The summed E-state index contributed by atoms with van der Waals surface area (Å²) in [5.41, 5.74) is 4.39. The molecule has 0 amide bonds. The molecule has 0 bridgehead atoms. The summed E-state index contributed by atoms with van der Waals surface area (Å²) in [6, 6.07) is 18.6. The lowest BCUT2D eigenvalue weighted by molar-refractivity contribution is 0.0907. The highest BCUT2D eigenvalue weighted by Crippen LogP contribution is 2.20. The van der Waals surface area contributed by atoms with Gasteiger partial charge in [0, 0.05) is 44.6 Å². The van der Waals surface area contributed by atoms with Crippen LogP contribution in [0.15, 0.2) is 70.3 Å². The third-order valence-electron chi connectivity index (χ3n) is 5.78. The van der Waals surface area contributed by atoms with Crippen LogP contribution in [0.4, 0.5) is 0 Å². The van der Waals surface area contributed by atoms with Gasteiger partial charge < -0.3 is 19.4 Å². The third-order valence-corrected chi connectivity index (χ3v) is 5.78. The Hall–Kier alpha value is -3.12. The van der Waals surface area contributed by atoms with Gasteiger partial charge in [0.1, 0.15) is 6.26 Å². The van der Waals surface area contributed by atoms with E-state index in [4.69, 9.17) is 9.15 Å². The number of hydrogen-bond donors (Lipinski definition) is 1. The van der Waals surface area contributed by atoms with Crippen LogP contribution in [-0.2, 0) is 17.8 Å². The van der Waals surface area contributed by atoms with Crippen molar-refractivity contribution >= 4 is 5.96 Å². The van der Waals surface area contributed by atoms with Crippen molar-refractivity contribution in [2.45, 2.75) is 26.4 Å². The molecule has 4 rings (SSSR count). The van der Waals surface area contributed by atoms with E-state index in [1.165, 1.54) is 11.1 Å². The van der Waals surface area contributed by atoms with Gasteiger partial charge in [0.05, 0.1) is 18.9 Å². The smallest absolute Gasteiger partial charge is 0.226 e. The van der Waals surface area contributed by atoms with Crippen molar-refractivity contribution in [3.05, 3.63) is 77.7 Å². The molecular weight excluding hydrogens is 400 g/mol. The van der Waals surface area contributed by atoms with Crippen LogP contribution >= 0.6 is 0 Å². The molecule has 1 aromatic heterocycles. The molecule has 1 fully saturated rings. The average molecular weight is 433 g/mol. The summed E-state index contributed by atoms with van der Waals surface area (Å²) in [5, 5.41) is 3.47. The van der Waals surface area contributed by atoms with Crippen LogP contribution in [0.2, 0.25) is 0 Å². The van der Waals surface area contributed by atoms with E-state index >= 15 is 0 Å². The quantitative estimate of drug-likeness (QED) is 0.425. The topological polar surface area (TPSA) is 62.9 Å². The number of guanidine groups is 1. The minimum Gasteiger partial charge on any atom is -0.444 e. The second-order valence-corrected chi connectivity index (χ2v) is 8.34. The number of aliphatic imine (C=N–C) groups is 1. The van der Waals surface area contributed by atoms with E-state index in [-0.39, 0.29) is 0 Å². The maximum atomic E-state index is 5.94. The zero-order chi connectivity index (χ0) is 22.2. The van der Waals surface area contributed by atoms with Crippen LogP contribution < -0.4 is 5.32 Å². The van der Waals surface area contributed by atoms with Crippen molar-refractivity contribution in [2.24, 2.45) is 10.9 Å². The Labute approximate surface area is 190 Å². The largest absolute Gasteiger partial charge is 0.444 e. The maximum absolute atomic E-state index is 5.94. The summed E-state index contributed by atoms with van der Waals surface area (Å²) >= 11 is 0. The Morgan fingerprint density at radius 3 is 2.78 bits per heavy atom. The van der Waals surface area contributed by atoms with Gasteiger partial charge in [-0.25, -0.2) is 4.98 Å². The van der Waals surface area contributed by atoms with Crippen LogP contribution in [0.25, 0.3) is 11.5 Å². The lowest BCUT2D eigenvalue weighted by Crippen LogP contribution is -2.41. The molecule has 1 aliphatic heterocycles. The van der Waals surface area contributed by atoms with E-state index in [1.54, 1.807) is 6.26 Å². The van der Waals surface area contributed by atoms with Gasteiger partial charge in [0.15, 0.2) is 5.96 Å². The molecule has 0 radical (unpaired) electrons. The molecule has 1 N–H and O–H groups in total. The van der Waals surface area contributed by atoms with Crippen LogP contribution in [-0.4, -0.2) is 49.1 Å². The molecule has 168 valence electrons. The fourth-order valence-corrected chi connectivity index (χ4v) is 3.96. The number of rotatable bonds is 8. The highest BCUT2D eigenvalue weighted by molar-refractivity contribution is 5.80. The number of ether oxygens (including phenoxy) is 1. The van der Waals surface area contributed by atoms with Crippen molar-refractivity contribution in [1.82, 2.24) is 15.2 Å². The Kier molecular flexibility index (Phi) is 7.56. The van der Waals surface area contributed by atoms with Crippen molar-refractivity contribution in [1.29, 1.82) is 0 Å². The van der Waals surface area contributed by atoms with Gasteiger partial charge in [-0.05, 0) is 31.0 Å². The van der Waals surface area contributed by atoms with E-state index in [9.17, 15) is 0 Å². The zero-order valence-electron chi connectivity index (χ0n) is 19.0. The van der Waals surface area contributed by atoms with E-state index in [2.05, 4.69) is 51.4 Å². The summed E-state index contributed by atoms with van der Waals surface area (Å²) in [7, 11) is 1.84. The van der Waals surface area contributed by atoms with Gasteiger partial charge in [-0.2, -0.15) is 0 Å². The molecule has 0 spiro atoms. The van der Waals surface area contributed by atoms with Crippen molar-refractivity contribution in [2.75, 3.05) is 33.3 Å². The minimum absolute atomic E-state index is 0.532. The summed E-state index contributed by atoms with van der Waals surface area (Å²) in [6.07, 6.45) is 3.65. The number of nitrogens with one attached hydrogen (secondary N) is 1. The van der Waals surface area contributed by atoms with Gasteiger partial charge in [0.25, 0.3) is 0 Å². The summed E-state index contributed by atoms with van der Waals surface area (Å²) in [5.74, 6) is 2.14. The molecule has 2 heterocycles. The highest BCUT2D eigenvalue weighted by atomic mass is 16.5. The molecule has 6 heteroatoms. The first kappa shape index (κ1) is 22.1. The van der Waals surface area contributed by atoms with Crippen molar-refractivity contribution < 1.29 is 9.15 Å². The highest BCUT2D eigenvalue weighted by Gasteiger charge is 2.25. The molecule has 6 nitrogen and oxygen atoms in total.